The number of amides is 1. The van der Waals surface area contributed by atoms with Crippen molar-refractivity contribution >= 4 is 29.8 Å². The number of nitrogens with one attached hydrogen (secondary N) is 2. The Labute approximate surface area is 119 Å². The summed E-state index contributed by atoms with van der Waals surface area (Å²) in [6.45, 7) is 0. The van der Waals surface area contributed by atoms with Crippen LogP contribution in [0.2, 0.25) is 0 Å². The first kappa shape index (κ1) is 13.9. The van der Waals surface area contributed by atoms with Crippen LogP contribution in [0.3, 0.4) is 0 Å². The number of anilines is 1. The van der Waals surface area contributed by atoms with E-state index in [-0.39, 0.29) is 18.7 Å². The lowest BCUT2D eigenvalue weighted by atomic mass is 10.2. The van der Waals surface area contributed by atoms with Gasteiger partial charge in [-0.3, -0.25) is 19.3 Å². The van der Waals surface area contributed by atoms with Crippen molar-refractivity contribution in [3.05, 3.63) is 35.4 Å². The van der Waals surface area contributed by atoms with Gasteiger partial charge in [-0.1, -0.05) is 6.07 Å². The summed E-state index contributed by atoms with van der Waals surface area (Å²) in [4.78, 5) is 22.0. The number of aromatic amines is 1. The van der Waals surface area contributed by atoms with Crippen LogP contribution in [0.25, 0.3) is 5.69 Å². The number of hydrogen-bond acceptors (Lipinski definition) is 4. The highest BCUT2D eigenvalue weighted by Crippen LogP contribution is 2.15. The Balaban J connectivity index is 2.11. The van der Waals surface area contributed by atoms with Gasteiger partial charge in [0.15, 0.2) is 4.77 Å². The van der Waals surface area contributed by atoms with Crippen LogP contribution in [0.5, 0.6) is 0 Å². The molecule has 20 heavy (non-hydrogen) atoms. The van der Waals surface area contributed by atoms with Gasteiger partial charge in [-0.15, -0.1) is 0 Å². The summed E-state index contributed by atoms with van der Waals surface area (Å²) in [5, 5.41) is 17.6. The largest absolute Gasteiger partial charge is 0.481 e. The summed E-state index contributed by atoms with van der Waals surface area (Å²) in [7, 11) is 0. The number of aliphatic carboxylic acids is 1. The molecule has 1 aromatic carbocycles. The number of nitrogens with zero attached hydrogens (tertiary/aromatic N) is 2. The summed E-state index contributed by atoms with van der Waals surface area (Å²) < 4.78 is 2.10. The van der Waals surface area contributed by atoms with Crippen LogP contribution >= 0.6 is 12.2 Å². The van der Waals surface area contributed by atoms with Crippen LogP contribution in [-0.4, -0.2) is 31.7 Å². The van der Waals surface area contributed by atoms with Crippen molar-refractivity contribution in [2.24, 2.45) is 0 Å². The average Bonchev–Trinajstić information content (AvgIpc) is 2.83. The Morgan fingerprint density at radius 1 is 1.40 bits per heavy atom. The SMILES string of the molecule is O=C(O)CCC(=O)Nc1cccc(-n2cn[nH]c2=S)c1. The van der Waals surface area contributed by atoms with Crippen LogP contribution in [0, 0.1) is 4.77 Å². The zero-order chi connectivity index (χ0) is 14.5. The van der Waals surface area contributed by atoms with Gasteiger partial charge in [0.2, 0.25) is 5.91 Å². The molecule has 0 radical (unpaired) electrons. The normalized spacial score (nSPS) is 10.2. The Morgan fingerprint density at radius 3 is 2.85 bits per heavy atom. The third-order valence-electron chi connectivity index (χ3n) is 2.53. The van der Waals surface area contributed by atoms with E-state index in [1.165, 1.54) is 6.33 Å². The first-order valence-corrected chi connectivity index (χ1v) is 6.21. The maximum Gasteiger partial charge on any atom is 0.303 e. The highest BCUT2D eigenvalue weighted by atomic mass is 32.1. The molecular formula is C12H12N4O3S. The number of carboxylic acid groups (broad SMARTS) is 1. The van der Waals surface area contributed by atoms with E-state index in [0.717, 1.165) is 5.69 Å². The zero-order valence-corrected chi connectivity index (χ0v) is 11.2. The first-order chi connectivity index (χ1) is 9.56. The van der Waals surface area contributed by atoms with Crippen molar-refractivity contribution in [2.45, 2.75) is 12.8 Å². The minimum Gasteiger partial charge on any atom is -0.481 e. The molecule has 0 unspecified atom stereocenters. The standard InChI is InChI=1S/C12H12N4O3S/c17-10(4-5-11(18)19)14-8-2-1-3-9(6-8)16-7-13-15-12(16)20/h1-3,6-7H,4-5H2,(H,14,17)(H,15,20)(H,18,19). The molecular weight excluding hydrogens is 280 g/mol. The minimum atomic E-state index is -1.00. The molecule has 0 aliphatic heterocycles. The fourth-order valence-electron chi connectivity index (χ4n) is 1.61. The maximum absolute atomic E-state index is 11.6. The summed E-state index contributed by atoms with van der Waals surface area (Å²) in [6, 6.07) is 7.02. The molecule has 7 nitrogen and oxygen atoms in total. The van der Waals surface area contributed by atoms with E-state index in [1.807, 2.05) is 6.07 Å². The van der Waals surface area contributed by atoms with Crippen LogP contribution in [0.4, 0.5) is 5.69 Å². The smallest absolute Gasteiger partial charge is 0.303 e. The Morgan fingerprint density at radius 2 is 2.20 bits per heavy atom. The number of carbonyl (C=O) groups is 2. The Kier molecular flexibility index (Phi) is 4.26. The number of rotatable bonds is 5. The van der Waals surface area contributed by atoms with Crippen molar-refractivity contribution in [3.8, 4) is 5.69 Å². The maximum atomic E-state index is 11.6. The zero-order valence-electron chi connectivity index (χ0n) is 10.4. The van der Waals surface area contributed by atoms with Crippen molar-refractivity contribution < 1.29 is 14.7 Å². The van der Waals surface area contributed by atoms with E-state index >= 15 is 0 Å². The fraction of sp³-hybridized carbons (Fsp3) is 0.167. The molecule has 2 rings (SSSR count). The topological polar surface area (TPSA) is 100 Å². The molecule has 0 aliphatic carbocycles. The van der Waals surface area contributed by atoms with E-state index in [9.17, 15) is 9.59 Å². The molecule has 104 valence electrons. The third kappa shape index (κ3) is 3.51. The summed E-state index contributed by atoms with van der Waals surface area (Å²) in [6.07, 6.45) is 1.27. The van der Waals surface area contributed by atoms with Gasteiger partial charge in [-0.25, -0.2) is 0 Å². The second-order valence-electron chi connectivity index (χ2n) is 4.02. The van der Waals surface area contributed by atoms with Crippen LogP contribution < -0.4 is 5.32 Å². The second-order valence-corrected chi connectivity index (χ2v) is 4.41. The molecule has 0 saturated carbocycles. The molecule has 3 N–H and O–H groups in total. The third-order valence-corrected chi connectivity index (χ3v) is 2.81. The predicted molar refractivity (Wildman–Crippen MR) is 74.2 cm³/mol. The number of carboxylic acids is 1. The molecule has 0 atom stereocenters. The summed E-state index contributed by atoms with van der Waals surface area (Å²) >= 11 is 5.06. The number of carbonyl (C=O) groups excluding carboxylic acids is 1. The predicted octanol–water partition coefficient (Wildman–Crippen LogP) is 1.73. The molecule has 1 aromatic heterocycles. The monoisotopic (exact) mass is 292 g/mol. The quantitative estimate of drug-likeness (QED) is 0.729. The molecule has 0 spiro atoms. The van der Waals surface area contributed by atoms with E-state index in [4.69, 9.17) is 17.3 Å². The molecule has 0 fully saturated rings. The summed E-state index contributed by atoms with van der Waals surface area (Å²) in [5.41, 5.74) is 1.32. The molecule has 0 saturated heterocycles. The van der Waals surface area contributed by atoms with Crippen LogP contribution in [0.15, 0.2) is 30.6 Å². The van der Waals surface area contributed by atoms with Gasteiger partial charge in [-0.2, -0.15) is 5.10 Å². The van der Waals surface area contributed by atoms with Gasteiger partial charge in [-0.05, 0) is 30.4 Å². The average molecular weight is 292 g/mol. The van der Waals surface area contributed by atoms with Crippen molar-refractivity contribution in [2.75, 3.05) is 5.32 Å². The lowest BCUT2D eigenvalue weighted by Gasteiger charge is -2.07. The van der Waals surface area contributed by atoms with Crippen molar-refractivity contribution in [3.63, 3.8) is 0 Å². The number of H-pyrrole nitrogens is 1. The van der Waals surface area contributed by atoms with E-state index in [0.29, 0.717) is 10.5 Å². The Hall–Kier alpha value is -2.48. The van der Waals surface area contributed by atoms with Crippen molar-refractivity contribution in [1.82, 2.24) is 14.8 Å². The van der Waals surface area contributed by atoms with Gasteiger partial charge in [0.1, 0.15) is 6.33 Å². The Bertz CT molecular complexity index is 692. The van der Waals surface area contributed by atoms with E-state index in [1.54, 1.807) is 22.8 Å². The summed E-state index contributed by atoms with van der Waals surface area (Å²) in [5.74, 6) is -1.35. The van der Waals surface area contributed by atoms with Gasteiger partial charge < -0.3 is 10.4 Å². The number of benzene rings is 1. The highest BCUT2D eigenvalue weighted by molar-refractivity contribution is 7.71. The van der Waals surface area contributed by atoms with Crippen molar-refractivity contribution in [1.29, 1.82) is 0 Å². The molecule has 0 bridgehead atoms. The van der Waals surface area contributed by atoms with E-state index < -0.39 is 5.97 Å². The van der Waals surface area contributed by atoms with E-state index in [2.05, 4.69) is 15.5 Å². The molecule has 1 amide bonds. The minimum absolute atomic E-state index is 0.0648. The van der Waals surface area contributed by atoms with Gasteiger partial charge >= 0.3 is 5.97 Å². The fourth-order valence-corrected chi connectivity index (χ4v) is 1.81. The second kappa shape index (κ2) is 6.11. The highest BCUT2D eigenvalue weighted by Gasteiger charge is 2.06. The first-order valence-electron chi connectivity index (χ1n) is 5.80. The number of hydrogen-bond donors (Lipinski definition) is 3. The van der Waals surface area contributed by atoms with Gasteiger partial charge in [0, 0.05) is 12.1 Å². The number of aromatic nitrogens is 3. The van der Waals surface area contributed by atoms with Crippen LogP contribution in [0.1, 0.15) is 12.8 Å². The lowest BCUT2D eigenvalue weighted by molar-refractivity contribution is -0.138. The molecule has 8 heteroatoms. The molecule has 0 aliphatic rings. The molecule has 1 heterocycles. The van der Waals surface area contributed by atoms with Gasteiger partial charge in [0.05, 0.1) is 12.1 Å². The lowest BCUT2D eigenvalue weighted by Crippen LogP contribution is -2.13. The molecule has 2 aromatic rings. The van der Waals surface area contributed by atoms with Crippen LogP contribution in [-0.2, 0) is 9.59 Å². The van der Waals surface area contributed by atoms with Gasteiger partial charge in [0.25, 0.3) is 0 Å².